The Kier molecular flexibility index (Phi) is 7.90. The first-order chi connectivity index (χ1) is 10.4. The zero-order valence-corrected chi connectivity index (χ0v) is 13.5. The van der Waals surface area contributed by atoms with E-state index in [2.05, 4.69) is 6.92 Å². The lowest BCUT2D eigenvalue weighted by molar-refractivity contribution is 0.0973. The maximum atomic E-state index is 11.4. The third kappa shape index (κ3) is 7.42. The number of hydrogen-bond acceptors (Lipinski definition) is 5. The number of carbonyl (C=O) groups is 1. The second-order valence-corrected chi connectivity index (χ2v) is 6.34. The molecule has 1 aromatic rings. The lowest BCUT2D eigenvalue weighted by atomic mass is 10.1. The van der Waals surface area contributed by atoms with Crippen LogP contribution >= 0.6 is 0 Å². The highest BCUT2D eigenvalue weighted by Gasteiger charge is 2.10. The summed E-state index contributed by atoms with van der Waals surface area (Å²) < 4.78 is 40.3. The van der Waals surface area contributed by atoms with Crippen molar-refractivity contribution in [1.82, 2.24) is 0 Å². The Labute approximate surface area is 131 Å². The van der Waals surface area contributed by atoms with Crippen molar-refractivity contribution in [1.29, 1.82) is 0 Å². The maximum absolute atomic E-state index is 11.4. The van der Waals surface area contributed by atoms with E-state index in [9.17, 15) is 13.2 Å². The fraction of sp³-hybridized carbons (Fsp3) is 0.533. The lowest BCUT2D eigenvalue weighted by Crippen LogP contribution is -2.11. The standard InChI is InChI=1S/C15H22O6S/c1-2-3-4-5-6-7-12-20-15(16)21-13-8-10-14(11-9-13)22(17,18)19/h8-11H,2-7,12H2,1H3,(H,17,18,19). The molecule has 0 radical (unpaired) electrons. The molecule has 0 saturated carbocycles. The molecule has 0 spiro atoms. The first kappa shape index (κ1) is 18.4. The zero-order valence-electron chi connectivity index (χ0n) is 12.7. The van der Waals surface area contributed by atoms with Crippen molar-refractivity contribution in [2.24, 2.45) is 0 Å². The highest BCUT2D eigenvalue weighted by molar-refractivity contribution is 7.85. The summed E-state index contributed by atoms with van der Waals surface area (Å²) in [7, 11) is -4.25. The highest BCUT2D eigenvalue weighted by Crippen LogP contribution is 2.16. The first-order valence-corrected chi connectivity index (χ1v) is 8.79. The molecule has 124 valence electrons. The van der Waals surface area contributed by atoms with Crippen molar-refractivity contribution >= 4 is 16.3 Å². The average molecular weight is 330 g/mol. The lowest BCUT2D eigenvalue weighted by Gasteiger charge is -2.06. The number of unbranched alkanes of at least 4 members (excludes halogenated alkanes) is 5. The average Bonchev–Trinajstić information content (AvgIpc) is 2.46. The van der Waals surface area contributed by atoms with E-state index in [4.69, 9.17) is 14.0 Å². The first-order valence-electron chi connectivity index (χ1n) is 7.35. The predicted octanol–water partition coefficient (Wildman–Crippen LogP) is 3.81. The van der Waals surface area contributed by atoms with Crippen molar-refractivity contribution in [3.05, 3.63) is 24.3 Å². The minimum absolute atomic E-state index is 0.153. The Morgan fingerprint density at radius 2 is 1.64 bits per heavy atom. The second kappa shape index (κ2) is 9.42. The zero-order chi connectivity index (χ0) is 16.4. The summed E-state index contributed by atoms with van der Waals surface area (Å²) in [5, 5.41) is 0. The van der Waals surface area contributed by atoms with Gasteiger partial charge in [-0.2, -0.15) is 8.42 Å². The van der Waals surface area contributed by atoms with Gasteiger partial charge >= 0.3 is 6.16 Å². The summed E-state index contributed by atoms with van der Waals surface area (Å²) in [4.78, 5) is 11.2. The molecule has 0 aromatic heterocycles. The molecule has 1 aromatic carbocycles. The van der Waals surface area contributed by atoms with Crippen LogP contribution in [-0.4, -0.2) is 25.7 Å². The van der Waals surface area contributed by atoms with Crippen LogP contribution in [0.4, 0.5) is 4.79 Å². The molecule has 7 heteroatoms. The fourth-order valence-corrected chi connectivity index (χ4v) is 2.32. The van der Waals surface area contributed by atoms with E-state index < -0.39 is 16.3 Å². The van der Waals surface area contributed by atoms with Crippen LogP contribution in [-0.2, 0) is 14.9 Å². The monoisotopic (exact) mass is 330 g/mol. The molecule has 0 aliphatic heterocycles. The van der Waals surface area contributed by atoms with Gasteiger partial charge in [-0.15, -0.1) is 0 Å². The van der Waals surface area contributed by atoms with Crippen LogP contribution in [0.1, 0.15) is 45.4 Å². The van der Waals surface area contributed by atoms with Crippen LogP contribution in [0.2, 0.25) is 0 Å². The minimum Gasteiger partial charge on any atom is -0.434 e. The maximum Gasteiger partial charge on any atom is 0.513 e. The van der Waals surface area contributed by atoms with Gasteiger partial charge in [0.25, 0.3) is 10.1 Å². The molecule has 0 bridgehead atoms. The predicted molar refractivity (Wildman–Crippen MR) is 81.6 cm³/mol. The summed E-state index contributed by atoms with van der Waals surface area (Å²) in [6.07, 6.45) is 5.72. The van der Waals surface area contributed by atoms with Gasteiger partial charge in [-0.25, -0.2) is 4.79 Å². The van der Waals surface area contributed by atoms with Gasteiger partial charge in [0.1, 0.15) is 5.75 Å². The number of carbonyl (C=O) groups excluding carboxylic acids is 1. The molecule has 0 fully saturated rings. The SMILES string of the molecule is CCCCCCCCOC(=O)Oc1ccc(S(=O)(=O)O)cc1. The van der Waals surface area contributed by atoms with Gasteiger partial charge in [0.15, 0.2) is 0 Å². The van der Waals surface area contributed by atoms with Crippen molar-refractivity contribution < 1.29 is 27.2 Å². The van der Waals surface area contributed by atoms with E-state index in [0.29, 0.717) is 6.61 Å². The summed E-state index contributed by atoms with van der Waals surface area (Å²) >= 11 is 0. The van der Waals surface area contributed by atoms with E-state index in [1.165, 1.54) is 31.4 Å². The Morgan fingerprint density at radius 1 is 1.05 bits per heavy atom. The van der Waals surface area contributed by atoms with Gasteiger partial charge in [0.05, 0.1) is 11.5 Å². The van der Waals surface area contributed by atoms with Crippen molar-refractivity contribution in [2.45, 2.75) is 50.3 Å². The minimum atomic E-state index is -4.25. The van der Waals surface area contributed by atoms with Crippen LogP contribution in [0.15, 0.2) is 29.2 Å². The van der Waals surface area contributed by atoms with Crippen LogP contribution in [0.5, 0.6) is 5.75 Å². The molecular formula is C15H22O6S. The van der Waals surface area contributed by atoms with Gasteiger partial charge in [-0.3, -0.25) is 4.55 Å². The number of benzene rings is 1. The molecule has 0 heterocycles. The van der Waals surface area contributed by atoms with Gasteiger partial charge in [-0.05, 0) is 30.7 Å². The number of ether oxygens (including phenoxy) is 2. The van der Waals surface area contributed by atoms with Gasteiger partial charge in [0.2, 0.25) is 0 Å². The van der Waals surface area contributed by atoms with E-state index in [1.54, 1.807) is 0 Å². The molecule has 1 N–H and O–H groups in total. The summed E-state index contributed by atoms with van der Waals surface area (Å²) in [6.45, 7) is 2.45. The van der Waals surface area contributed by atoms with Gasteiger partial charge in [-0.1, -0.05) is 39.0 Å². The highest BCUT2D eigenvalue weighted by atomic mass is 32.2. The molecule has 0 saturated heterocycles. The van der Waals surface area contributed by atoms with Crippen LogP contribution in [0.3, 0.4) is 0 Å². The Bertz CT molecular complexity index is 550. The summed E-state index contributed by atoms with van der Waals surface area (Å²) in [5.41, 5.74) is 0. The largest absolute Gasteiger partial charge is 0.513 e. The smallest absolute Gasteiger partial charge is 0.434 e. The quantitative estimate of drug-likeness (QED) is 0.320. The van der Waals surface area contributed by atoms with E-state index in [0.717, 1.165) is 31.4 Å². The Balaban J connectivity index is 2.25. The van der Waals surface area contributed by atoms with Gasteiger partial charge in [0, 0.05) is 0 Å². The normalized spacial score (nSPS) is 11.2. The third-order valence-electron chi connectivity index (χ3n) is 3.04. The van der Waals surface area contributed by atoms with E-state index >= 15 is 0 Å². The Hall–Kier alpha value is -1.60. The summed E-state index contributed by atoms with van der Waals surface area (Å²) in [6, 6.07) is 4.83. The van der Waals surface area contributed by atoms with Crippen LogP contribution < -0.4 is 4.74 Å². The molecule has 0 atom stereocenters. The molecule has 6 nitrogen and oxygen atoms in total. The molecule has 0 aliphatic rings. The fourth-order valence-electron chi connectivity index (χ4n) is 1.84. The van der Waals surface area contributed by atoms with Crippen LogP contribution in [0, 0.1) is 0 Å². The Morgan fingerprint density at radius 3 is 2.23 bits per heavy atom. The van der Waals surface area contributed by atoms with Crippen molar-refractivity contribution in [3.63, 3.8) is 0 Å². The van der Waals surface area contributed by atoms with Gasteiger partial charge < -0.3 is 9.47 Å². The second-order valence-electron chi connectivity index (χ2n) is 4.91. The molecular weight excluding hydrogens is 308 g/mol. The van der Waals surface area contributed by atoms with Crippen molar-refractivity contribution in [3.8, 4) is 5.75 Å². The molecule has 0 amide bonds. The number of hydrogen-bond donors (Lipinski definition) is 1. The number of rotatable bonds is 9. The molecule has 0 unspecified atom stereocenters. The van der Waals surface area contributed by atoms with Crippen molar-refractivity contribution in [2.75, 3.05) is 6.61 Å². The molecule has 22 heavy (non-hydrogen) atoms. The molecule has 1 rings (SSSR count). The van der Waals surface area contributed by atoms with Crippen LogP contribution in [0.25, 0.3) is 0 Å². The third-order valence-corrected chi connectivity index (χ3v) is 3.91. The van der Waals surface area contributed by atoms with E-state index in [-0.39, 0.29) is 10.6 Å². The van der Waals surface area contributed by atoms with E-state index in [1.807, 2.05) is 0 Å². The molecule has 0 aliphatic carbocycles. The summed E-state index contributed by atoms with van der Waals surface area (Å²) in [5.74, 6) is 0.153. The topological polar surface area (TPSA) is 89.9 Å².